The maximum Gasteiger partial charge on any atom is 0.321 e. The molecular formula is C14H20N3O2+. The summed E-state index contributed by atoms with van der Waals surface area (Å²) in [4.78, 5) is 23.4. The quantitative estimate of drug-likeness (QED) is 0.800. The largest absolute Gasteiger partial charge is 0.335 e. The number of imide groups is 1. The Morgan fingerprint density at radius 1 is 1.32 bits per heavy atom. The van der Waals surface area contributed by atoms with Crippen molar-refractivity contribution in [3.05, 3.63) is 30.1 Å². The summed E-state index contributed by atoms with van der Waals surface area (Å²) in [5.41, 5.74) is 0.980. The fourth-order valence-electron chi connectivity index (χ4n) is 2.35. The summed E-state index contributed by atoms with van der Waals surface area (Å²) >= 11 is 0. The maximum absolute atomic E-state index is 11.8. The molecule has 1 aromatic heterocycles. The molecule has 3 amide bonds. The Bertz CT molecular complexity index is 468. The van der Waals surface area contributed by atoms with Crippen molar-refractivity contribution in [3.63, 3.8) is 0 Å². The number of hydrogen-bond acceptors (Lipinski definition) is 2. The topological polar surface area (TPSA) is 62.1 Å². The third-order valence-electron chi connectivity index (χ3n) is 3.42. The molecule has 2 N–H and O–H groups in total. The molecule has 19 heavy (non-hydrogen) atoms. The lowest BCUT2D eigenvalue weighted by molar-refractivity contribution is -0.690. The average Bonchev–Trinajstić information content (AvgIpc) is 2.84. The Balaban J connectivity index is 1.80. The number of carbonyl (C=O) groups is 2. The Morgan fingerprint density at radius 3 is 2.74 bits per heavy atom. The maximum atomic E-state index is 11.8. The van der Waals surface area contributed by atoms with Crippen molar-refractivity contribution in [2.75, 3.05) is 0 Å². The first-order valence-electron chi connectivity index (χ1n) is 6.70. The highest BCUT2D eigenvalue weighted by Gasteiger charge is 2.19. The van der Waals surface area contributed by atoms with Crippen LogP contribution in [0.2, 0.25) is 0 Å². The van der Waals surface area contributed by atoms with Crippen molar-refractivity contribution in [3.8, 4) is 0 Å². The number of amides is 3. The van der Waals surface area contributed by atoms with E-state index in [1.54, 1.807) is 4.57 Å². The van der Waals surface area contributed by atoms with Crippen molar-refractivity contribution in [1.82, 2.24) is 10.6 Å². The molecule has 0 bridgehead atoms. The molecule has 5 nitrogen and oxygen atoms in total. The highest BCUT2D eigenvalue weighted by Crippen LogP contribution is 2.17. The molecule has 0 aliphatic heterocycles. The predicted octanol–water partition coefficient (Wildman–Crippen LogP) is 1.05. The molecule has 0 spiro atoms. The molecule has 1 aliphatic rings. The highest BCUT2D eigenvalue weighted by molar-refractivity contribution is 5.93. The summed E-state index contributed by atoms with van der Waals surface area (Å²) in [6.45, 7) is 2.08. The predicted molar refractivity (Wildman–Crippen MR) is 70.3 cm³/mol. The van der Waals surface area contributed by atoms with E-state index in [9.17, 15) is 9.59 Å². The molecule has 0 saturated heterocycles. The van der Waals surface area contributed by atoms with Crippen LogP contribution in [-0.4, -0.2) is 18.0 Å². The van der Waals surface area contributed by atoms with Crippen LogP contribution in [0.5, 0.6) is 0 Å². The zero-order chi connectivity index (χ0) is 13.7. The van der Waals surface area contributed by atoms with Crippen molar-refractivity contribution in [2.45, 2.75) is 45.2 Å². The van der Waals surface area contributed by atoms with Crippen molar-refractivity contribution >= 4 is 11.9 Å². The van der Waals surface area contributed by atoms with E-state index in [1.807, 2.05) is 31.3 Å². The van der Waals surface area contributed by atoms with E-state index in [1.165, 1.54) is 0 Å². The first kappa shape index (κ1) is 13.5. The molecule has 1 heterocycles. The van der Waals surface area contributed by atoms with E-state index in [-0.39, 0.29) is 24.5 Å². The zero-order valence-corrected chi connectivity index (χ0v) is 11.2. The molecule has 0 atom stereocenters. The summed E-state index contributed by atoms with van der Waals surface area (Å²) in [6.07, 6.45) is 6.14. The second kappa shape index (κ2) is 6.31. The summed E-state index contributed by atoms with van der Waals surface area (Å²) in [5, 5.41) is 5.20. The third-order valence-corrected chi connectivity index (χ3v) is 3.42. The number of pyridine rings is 1. The fourth-order valence-corrected chi connectivity index (χ4v) is 2.35. The molecule has 1 saturated carbocycles. The molecule has 1 aromatic rings. The number of rotatable bonds is 3. The van der Waals surface area contributed by atoms with Crippen molar-refractivity contribution in [1.29, 1.82) is 0 Å². The van der Waals surface area contributed by atoms with E-state index in [2.05, 4.69) is 10.6 Å². The Labute approximate surface area is 113 Å². The van der Waals surface area contributed by atoms with Gasteiger partial charge in [0.05, 0.1) is 0 Å². The number of urea groups is 1. The SMILES string of the molecule is Cc1cccc[n+]1CC(=O)NC(=O)NC1CCCC1. The van der Waals surface area contributed by atoms with Gasteiger partial charge >= 0.3 is 6.03 Å². The van der Waals surface area contributed by atoms with E-state index < -0.39 is 0 Å². The van der Waals surface area contributed by atoms with Gasteiger partial charge in [-0.3, -0.25) is 10.1 Å². The van der Waals surface area contributed by atoms with Gasteiger partial charge in [-0.25, -0.2) is 4.79 Å². The minimum atomic E-state index is -0.383. The van der Waals surface area contributed by atoms with Crippen LogP contribution >= 0.6 is 0 Å². The number of hydrogen-bond donors (Lipinski definition) is 2. The standard InChI is InChI=1S/C14H19N3O2/c1-11-6-4-5-9-17(11)10-13(18)16-14(19)15-12-7-2-3-8-12/h4-6,9,12H,2-3,7-8,10H2,1H3,(H-,15,16,18,19)/p+1. The van der Waals surface area contributed by atoms with Gasteiger partial charge in [0.25, 0.3) is 5.91 Å². The van der Waals surface area contributed by atoms with E-state index in [0.717, 1.165) is 31.4 Å². The van der Waals surface area contributed by atoms with Gasteiger partial charge in [0.2, 0.25) is 6.54 Å². The monoisotopic (exact) mass is 262 g/mol. The summed E-state index contributed by atoms with van der Waals surface area (Å²) < 4.78 is 1.80. The number of nitrogens with zero attached hydrogens (tertiary/aromatic N) is 1. The van der Waals surface area contributed by atoms with Crippen LogP contribution in [-0.2, 0) is 11.3 Å². The summed E-state index contributed by atoms with van der Waals surface area (Å²) in [5.74, 6) is -0.296. The second-order valence-electron chi connectivity index (χ2n) is 4.97. The smallest absolute Gasteiger partial charge is 0.321 e. The van der Waals surface area contributed by atoms with E-state index in [4.69, 9.17) is 0 Å². The van der Waals surface area contributed by atoms with Crippen LogP contribution in [0.1, 0.15) is 31.4 Å². The Hall–Kier alpha value is -1.91. The zero-order valence-electron chi connectivity index (χ0n) is 11.2. The Morgan fingerprint density at radius 2 is 2.05 bits per heavy atom. The van der Waals surface area contributed by atoms with Gasteiger partial charge in [-0.15, -0.1) is 0 Å². The fraction of sp³-hybridized carbons (Fsp3) is 0.500. The van der Waals surface area contributed by atoms with E-state index in [0.29, 0.717) is 0 Å². The number of aryl methyl sites for hydroxylation is 1. The molecular weight excluding hydrogens is 242 g/mol. The van der Waals surface area contributed by atoms with Crippen molar-refractivity contribution < 1.29 is 14.2 Å². The lowest BCUT2D eigenvalue weighted by Crippen LogP contribution is -2.50. The van der Waals surface area contributed by atoms with Gasteiger partial charge in [0.15, 0.2) is 11.9 Å². The number of carbonyl (C=O) groups excluding carboxylic acids is 2. The lowest BCUT2D eigenvalue weighted by atomic mass is 10.2. The van der Waals surface area contributed by atoms with Gasteiger partial charge in [-0.05, 0) is 12.8 Å². The third kappa shape index (κ3) is 4.05. The Kier molecular flexibility index (Phi) is 4.49. The van der Waals surface area contributed by atoms with Crippen LogP contribution in [0.25, 0.3) is 0 Å². The normalized spacial score (nSPS) is 15.2. The highest BCUT2D eigenvalue weighted by atomic mass is 16.2. The molecule has 0 radical (unpaired) electrons. The van der Waals surface area contributed by atoms with Crippen LogP contribution in [0.3, 0.4) is 0 Å². The number of aromatic nitrogens is 1. The van der Waals surface area contributed by atoms with Gasteiger partial charge < -0.3 is 5.32 Å². The molecule has 0 aromatic carbocycles. The molecule has 5 heteroatoms. The average molecular weight is 262 g/mol. The summed E-state index contributed by atoms with van der Waals surface area (Å²) in [7, 11) is 0. The van der Waals surface area contributed by atoms with Gasteiger partial charge in [-0.2, -0.15) is 4.57 Å². The molecule has 2 rings (SSSR count). The van der Waals surface area contributed by atoms with Crippen LogP contribution in [0.4, 0.5) is 4.79 Å². The minimum Gasteiger partial charge on any atom is -0.335 e. The van der Waals surface area contributed by atoms with Crippen LogP contribution in [0.15, 0.2) is 24.4 Å². The molecule has 102 valence electrons. The second-order valence-corrected chi connectivity index (χ2v) is 4.97. The number of nitrogens with one attached hydrogen (secondary N) is 2. The first-order chi connectivity index (χ1) is 9.15. The lowest BCUT2D eigenvalue weighted by Gasteiger charge is -2.11. The summed E-state index contributed by atoms with van der Waals surface area (Å²) in [6, 6.07) is 5.53. The van der Waals surface area contributed by atoms with Crippen LogP contribution < -0.4 is 15.2 Å². The first-order valence-corrected chi connectivity index (χ1v) is 6.70. The van der Waals surface area contributed by atoms with Crippen LogP contribution in [0, 0.1) is 6.92 Å². The van der Waals surface area contributed by atoms with Crippen molar-refractivity contribution in [2.24, 2.45) is 0 Å². The molecule has 0 unspecified atom stereocenters. The molecule has 1 fully saturated rings. The van der Waals surface area contributed by atoms with Gasteiger partial charge in [-0.1, -0.05) is 18.9 Å². The molecule has 1 aliphatic carbocycles. The minimum absolute atomic E-state index is 0.157. The van der Waals surface area contributed by atoms with Gasteiger partial charge in [0, 0.05) is 25.1 Å². The van der Waals surface area contributed by atoms with Gasteiger partial charge in [0.1, 0.15) is 0 Å². The van der Waals surface area contributed by atoms with E-state index >= 15 is 0 Å².